The fraction of sp³-hybridized carbons (Fsp3) is 0.235. The molecule has 108 valence electrons. The molecule has 0 fully saturated rings. The molecule has 0 spiro atoms. The van der Waals surface area contributed by atoms with Crippen LogP contribution in [0.5, 0.6) is 0 Å². The molecule has 0 aromatic heterocycles. The van der Waals surface area contributed by atoms with Crippen LogP contribution in [0.15, 0.2) is 54.3 Å². The minimum absolute atomic E-state index is 0.0773. The number of rotatable bonds is 3. The van der Waals surface area contributed by atoms with Crippen LogP contribution in [-0.2, 0) is 14.3 Å². The summed E-state index contributed by atoms with van der Waals surface area (Å²) in [6, 6.07) is 7.83. The predicted molar refractivity (Wildman–Crippen MR) is 80.0 cm³/mol. The summed E-state index contributed by atoms with van der Waals surface area (Å²) in [7, 11) is 1.75. The summed E-state index contributed by atoms with van der Waals surface area (Å²) in [4.78, 5) is 12.7. The van der Waals surface area contributed by atoms with Crippen molar-refractivity contribution < 1.29 is 14.3 Å². The van der Waals surface area contributed by atoms with Gasteiger partial charge in [0.2, 0.25) is 11.9 Å². The highest BCUT2D eigenvalue weighted by Crippen LogP contribution is 2.33. The fourth-order valence-corrected chi connectivity index (χ4v) is 2.50. The van der Waals surface area contributed by atoms with Crippen LogP contribution >= 0.6 is 0 Å². The topological polar surface area (TPSA) is 47.6 Å². The van der Waals surface area contributed by atoms with E-state index in [0.717, 1.165) is 17.5 Å². The zero-order chi connectivity index (χ0) is 14.8. The van der Waals surface area contributed by atoms with Crippen molar-refractivity contribution in [3.05, 3.63) is 65.4 Å². The van der Waals surface area contributed by atoms with Gasteiger partial charge < -0.3 is 14.8 Å². The van der Waals surface area contributed by atoms with Crippen LogP contribution in [0, 0.1) is 6.92 Å². The van der Waals surface area contributed by atoms with E-state index in [1.807, 2.05) is 43.3 Å². The van der Waals surface area contributed by atoms with Crippen molar-refractivity contribution in [2.24, 2.45) is 0 Å². The molecule has 4 heteroatoms. The van der Waals surface area contributed by atoms with Gasteiger partial charge in [-0.2, -0.15) is 0 Å². The largest absolute Gasteiger partial charge is 0.466 e. The van der Waals surface area contributed by atoms with Crippen LogP contribution in [0.4, 0.5) is 0 Å². The Morgan fingerprint density at radius 1 is 1.33 bits per heavy atom. The zero-order valence-electron chi connectivity index (χ0n) is 12.1. The Hall–Kier alpha value is -2.49. The van der Waals surface area contributed by atoms with E-state index >= 15 is 0 Å². The van der Waals surface area contributed by atoms with E-state index in [0.29, 0.717) is 17.2 Å². The lowest BCUT2D eigenvalue weighted by atomic mass is 9.98. The third-order valence-corrected chi connectivity index (χ3v) is 3.49. The maximum Gasteiger partial charge on any atom is 0.220 e. The maximum absolute atomic E-state index is 12.7. The molecular weight excluding hydrogens is 266 g/mol. The van der Waals surface area contributed by atoms with Gasteiger partial charge in [-0.1, -0.05) is 29.8 Å². The first-order valence-electron chi connectivity index (χ1n) is 6.92. The second-order valence-corrected chi connectivity index (χ2v) is 5.02. The summed E-state index contributed by atoms with van der Waals surface area (Å²) in [5.74, 6) is 0.971. The molecule has 4 nitrogen and oxygen atoms in total. The van der Waals surface area contributed by atoms with Crippen molar-refractivity contribution in [1.29, 1.82) is 0 Å². The van der Waals surface area contributed by atoms with Gasteiger partial charge in [-0.15, -0.1) is 0 Å². The molecule has 0 aliphatic carbocycles. The number of hydrogen-bond donors (Lipinski definition) is 1. The van der Waals surface area contributed by atoms with Crippen molar-refractivity contribution >= 4 is 11.4 Å². The molecule has 1 N–H and O–H groups in total. The highest BCUT2D eigenvalue weighted by Gasteiger charge is 2.39. The number of carbonyl (C=O) groups excluding carboxylic acids is 1. The van der Waals surface area contributed by atoms with Gasteiger partial charge in [0.1, 0.15) is 5.76 Å². The van der Waals surface area contributed by atoms with E-state index in [9.17, 15) is 4.79 Å². The first kappa shape index (κ1) is 13.5. The lowest BCUT2D eigenvalue weighted by Gasteiger charge is -2.16. The number of hydrogen-bond acceptors (Lipinski definition) is 4. The number of ketones is 1. The van der Waals surface area contributed by atoms with Crippen molar-refractivity contribution in [3.8, 4) is 0 Å². The molecule has 2 heterocycles. The lowest BCUT2D eigenvalue weighted by molar-refractivity contribution is -0.119. The predicted octanol–water partition coefficient (Wildman–Crippen LogP) is 2.67. The first-order valence-corrected chi connectivity index (χ1v) is 6.92. The molecule has 3 rings (SSSR count). The van der Waals surface area contributed by atoms with Crippen LogP contribution in [0.3, 0.4) is 0 Å². The molecule has 1 unspecified atom stereocenters. The van der Waals surface area contributed by atoms with Gasteiger partial charge in [0.05, 0.1) is 11.8 Å². The Kier molecular flexibility index (Phi) is 3.52. The maximum atomic E-state index is 12.7. The number of nitrogens with one attached hydrogen (secondary N) is 1. The van der Waals surface area contributed by atoms with Gasteiger partial charge in [-0.3, -0.25) is 4.79 Å². The molecule has 0 amide bonds. The smallest absolute Gasteiger partial charge is 0.220 e. The van der Waals surface area contributed by atoms with Crippen molar-refractivity contribution in [2.45, 2.75) is 19.4 Å². The highest BCUT2D eigenvalue weighted by molar-refractivity contribution is 6.25. The Balaban J connectivity index is 1.95. The molecule has 2 aliphatic heterocycles. The summed E-state index contributed by atoms with van der Waals surface area (Å²) in [5.41, 5.74) is 2.53. The third kappa shape index (κ3) is 2.44. The molecule has 1 aromatic carbocycles. The molecule has 1 atom stereocenters. The third-order valence-electron chi connectivity index (χ3n) is 3.49. The number of Topliss-reactive ketones (excluding diaryl/α,β-unsaturated/α-hetero) is 1. The van der Waals surface area contributed by atoms with Crippen LogP contribution in [0.2, 0.25) is 0 Å². The van der Waals surface area contributed by atoms with Crippen molar-refractivity contribution in [3.63, 3.8) is 0 Å². The van der Waals surface area contributed by atoms with Gasteiger partial charge in [-0.25, -0.2) is 0 Å². The molecule has 2 aliphatic rings. The summed E-state index contributed by atoms with van der Waals surface area (Å²) in [6.45, 7) is 2.00. The minimum Gasteiger partial charge on any atom is -0.466 e. The second-order valence-electron chi connectivity index (χ2n) is 5.02. The van der Waals surface area contributed by atoms with E-state index in [1.165, 1.54) is 0 Å². The Morgan fingerprint density at radius 3 is 2.86 bits per heavy atom. The molecule has 0 radical (unpaired) electrons. The molecule has 21 heavy (non-hydrogen) atoms. The van der Waals surface area contributed by atoms with Crippen molar-refractivity contribution in [2.75, 3.05) is 7.05 Å². The molecule has 1 aromatic rings. The average Bonchev–Trinajstić information content (AvgIpc) is 2.85. The first-order chi connectivity index (χ1) is 10.2. The fourth-order valence-electron chi connectivity index (χ4n) is 2.50. The van der Waals surface area contributed by atoms with E-state index in [1.54, 1.807) is 13.3 Å². The molecular formula is C17H17NO3. The average molecular weight is 283 g/mol. The van der Waals surface area contributed by atoms with Crippen LogP contribution in [-0.4, -0.2) is 18.9 Å². The lowest BCUT2D eigenvalue weighted by Crippen LogP contribution is -2.23. The number of allylic oxidation sites excluding steroid dienone is 2. The van der Waals surface area contributed by atoms with E-state index in [4.69, 9.17) is 9.47 Å². The summed E-state index contributed by atoms with van der Waals surface area (Å²) in [6.07, 6.45) is 5.39. The Labute approximate surface area is 123 Å². The number of carbonyl (C=O) groups is 1. The number of ether oxygens (including phenoxy) is 2. The number of aryl methyl sites for hydroxylation is 1. The van der Waals surface area contributed by atoms with Gasteiger partial charge in [0.15, 0.2) is 5.88 Å². The standard InChI is InChI=1S/C17H17NO3/c1-11-6-5-7-12(10-11)14-15(19)16(21-17(14)18-2)13-8-3-4-9-20-13/h4-10,16,18H,3H2,1-2H3. The Morgan fingerprint density at radius 2 is 2.19 bits per heavy atom. The second kappa shape index (κ2) is 5.48. The van der Waals surface area contributed by atoms with Gasteiger partial charge >= 0.3 is 0 Å². The van der Waals surface area contributed by atoms with Crippen molar-refractivity contribution in [1.82, 2.24) is 5.32 Å². The van der Waals surface area contributed by atoms with E-state index in [-0.39, 0.29) is 5.78 Å². The van der Waals surface area contributed by atoms with Gasteiger partial charge in [-0.05, 0) is 31.1 Å². The SMILES string of the molecule is CNC1=C(c2cccc(C)c2)C(=O)C(C2=CCC=CO2)O1. The monoisotopic (exact) mass is 283 g/mol. The summed E-state index contributed by atoms with van der Waals surface area (Å²) < 4.78 is 11.2. The van der Waals surface area contributed by atoms with Gasteiger partial charge in [0, 0.05) is 7.05 Å². The molecule has 0 bridgehead atoms. The quantitative estimate of drug-likeness (QED) is 0.926. The normalized spacial score (nSPS) is 21.0. The van der Waals surface area contributed by atoms with Crippen LogP contribution in [0.1, 0.15) is 17.5 Å². The zero-order valence-corrected chi connectivity index (χ0v) is 12.1. The molecule has 0 saturated carbocycles. The minimum atomic E-state index is -0.701. The van der Waals surface area contributed by atoms with E-state index < -0.39 is 6.10 Å². The van der Waals surface area contributed by atoms with Crippen LogP contribution < -0.4 is 5.32 Å². The van der Waals surface area contributed by atoms with Crippen LogP contribution in [0.25, 0.3) is 5.57 Å². The Bertz CT molecular complexity index is 670. The summed E-state index contributed by atoms with van der Waals surface area (Å²) >= 11 is 0. The highest BCUT2D eigenvalue weighted by atomic mass is 16.5. The molecule has 0 saturated heterocycles. The van der Waals surface area contributed by atoms with E-state index in [2.05, 4.69) is 5.32 Å². The van der Waals surface area contributed by atoms with Gasteiger partial charge in [0.25, 0.3) is 0 Å². The number of benzene rings is 1. The summed E-state index contributed by atoms with van der Waals surface area (Å²) in [5, 5.41) is 2.97.